The molecule has 8 heteroatoms. The molecule has 0 unspecified atom stereocenters. The zero-order valence-electron chi connectivity index (χ0n) is 18.3. The van der Waals surface area contributed by atoms with Crippen molar-refractivity contribution in [3.8, 4) is 0 Å². The fourth-order valence-electron chi connectivity index (χ4n) is 3.07. The molecule has 0 fully saturated rings. The molecule has 0 aliphatic carbocycles. The lowest BCUT2D eigenvalue weighted by molar-refractivity contribution is 0.0609. The first-order chi connectivity index (χ1) is 13.8. The topological polar surface area (TPSA) is 94.2 Å². The van der Waals surface area contributed by atoms with E-state index < -0.39 is 13.7 Å². The van der Waals surface area contributed by atoms with Gasteiger partial charge in [0.2, 0.25) is 0 Å². The Kier molecular flexibility index (Phi) is 12.9. The van der Waals surface area contributed by atoms with E-state index in [0.29, 0.717) is 45.2 Å². The highest BCUT2D eigenvalue weighted by Crippen LogP contribution is 2.47. The molecule has 1 aromatic carbocycles. The van der Waals surface area contributed by atoms with E-state index in [-0.39, 0.29) is 12.4 Å². The molecule has 2 atom stereocenters. The second-order valence-electron chi connectivity index (χ2n) is 7.56. The second kappa shape index (κ2) is 14.3. The molecule has 168 valence electrons. The van der Waals surface area contributed by atoms with Crippen LogP contribution in [0.15, 0.2) is 30.3 Å². The SMILES string of the molecule is CCOP(=O)(COCCN(CC(C)C)C[C@H](O)[C@@H](N)Cc1ccccc1)OCC. The van der Waals surface area contributed by atoms with Crippen LogP contribution in [0.1, 0.15) is 33.3 Å². The number of ether oxygens (including phenoxy) is 1. The Labute approximate surface area is 176 Å². The summed E-state index contributed by atoms with van der Waals surface area (Å²) in [4.78, 5) is 2.13. The third kappa shape index (κ3) is 11.2. The Morgan fingerprint density at radius 2 is 1.72 bits per heavy atom. The van der Waals surface area contributed by atoms with E-state index in [9.17, 15) is 9.67 Å². The zero-order valence-corrected chi connectivity index (χ0v) is 19.2. The predicted octanol–water partition coefficient (Wildman–Crippen LogP) is 3.12. The van der Waals surface area contributed by atoms with Crippen LogP contribution in [0.3, 0.4) is 0 Å². The van der Waals surface area contributed by atoms with Crippen LogP contribution in [0, 0.1) is 5.92 Å². The second-order valence-corrected chi connectivity index (χ2v) is 9.55. The van der Waals surface area contributed by atoms with E-state index in [4.69, 9.17) is 19.5 Å². The Morgan fingerprint density at radius 1 is 1.10 bits per heavy atom. The molecular formula is C21H39N2O5P. The first-order valence-electron chi connectivity index (χ1n) is 10.5. The molecule has 1 aromatic rings. The summed E-state index contributed by atoms with van der Waals surface area (Å²) in [6.45, 7) is 10.7. The van der Waals surface area contributed by atoms with Crippen LogP contribution in [0.5, 0.6) is 0 Å². The van der Waals surface area contributed by atoms with Crippen LogP contribution in [0.2, 0.25) is 0 Å². The fraction of sp³-hybridized carbons (Fsp3) is 0.714. The van der Waals surface area contributed by atoms with Crippen molar-refractivity contribution in [2.75, 3.05) is 45.8 Å². The summed E-state index contributed by atoms with van der Waals surface area (Å²) in [6.07, 6.45) is -0.0906. The van der Waals surface area contributed by atoms with Crippen LogP contribution < -0.4 is 5.73 Å². The molecule has 3 N–H and O–H groups in total. The molecule has 0 aromatic heterocycles. The van der Waals surface area contributed by atoms with Crippen LogP contribution in [0.4, 0.5) is 0 Å². The minimum Gasteiger partial charge on any atom is -0.390 e. The molecule has 0 saturated heterocycles. The molecule has 7 nitrogen and oxygen atoms in total. The third-order valence-corrected chi connectivity index (χ3v) is 6.13. The maximum Gasteiger partial charge on any atom is 0.356 e. The van der Waals surface area contributed by atoms with E-state index >= 15 is 0 Å². The van der Waals surface area contributed by atoms with Gasteiger partial charge < -0.3 is 24.6 Å². The van der Waals surface area contributed by atoms with Crippen molar-refractivity contribution in [1.82, 2.24) is 4.90 Å². The molecule has 0 aliphatic rings. The summed E-state index contributed by atoms with van der Waals surface area (Å²) < 4.78 is 28.5. The molecule has 0 saturated carbocycles. The Balaban J connectivity index is 2.50. The number of hydrogen-bond donors (Lipinski definition) is 2. The molecule has 0 amide bonds. The molecule has 0 heterocycles. The van der Waals surface area contributed by atoms with E-state index in [1.165, 1.54) is 0 Å². The smallest absolute Gasteiger partial charge is 0.356 e. The van der Waals surface area contributed by atoms with Gasteiger partial charge >= 0.3 is 7.60 Å². The molecule has 0 bridgehead atoms. The molecule has 0 aliphatic heterocycles. The lowest BCUT2D eigenvalue weighted by Gasteiger charge is -2.29. The largest absolute Gasteiger partial charge is 0.390 e. The first-order valence-corrected chi connectivity index (χ1v) is 12.2. The van der Waals surface area contributed by atoms with Crippen molar-refractivity contribution in [2.45, 2.75) is 46.3 Å². The highest BCUT2D eigenvalue weighted by atomic mass is 31.2. The molecular weight excluding hydrogens is 391 g/mol. The van der Waals surface area contributed by atoms with Gasteiger partial charge in [-0.1, -0.05) is 44.2 Å². The van der Waals surface area contributed by atoms with Crippen LogP contribution in [0.25, 0.3) is 0 Å². The van der Waals surface area contributed by atoms with Crippen molar-refractivity contribution < 1.29 is 23.5 Å². The minimum absolute atomic E-state index is 0.0692. The van der Waals surface area contributed by atoms with Gasteiger partial charge in [0, 0.05) is 25.7 Å². The van der Waals surface area contributed by atoms with Crippen molar-refractivity contribution in [3.05, 3.63) is 35.9 Å². The average Bonchev–Trinajstić information content (AvgIpc) is 2.66. The fourth-order valence-corrected chi connectivity index (χ4v) is 4.43. The number of hydrogen-bond acceptors (Lipinski definition) is 7. The Bertz CT molecular complexity index is 578. The number of aliphatic hydroxyl groups excluding tert-OH is 1. The predicted molar refractivity (Wildman–Crippen MR) is 117 cm³/mol. The van der Waals surface area contributed by atoms with Gasteiger partial charge in [0.15, 0.2) is 0 Å². The zero-order chi connectivity index (χ0) is 21.7. The lowest BCUT2D eigenvalue weighted by atomic mass is 10.0. The highest BCUT2D eigenvalue weighted by molar-refractivity contribution is 7.53. The third-order valence-electron chi connectivity index (χ3n) is 4.33. The van der Waals surface area contributed by atoms with Gasteiger partial charge in [-0.15, -0.1) is 0 Å². The maximum absolute atomic E-state index is 12.4. The summed E-state index contributed by atoms with van der Waals surface area (Å²) in [5.41, 5.74) is 7.34. The van der Waals surface area contributed by atoms with E-state index in [0.717, 1.165) is 12.1 Å². The summed E-state index contributed by atoms with van der Waals surface area (Å²) >= 11 is 0. The average molecular weight is 431 g/mol. The van der Waals surface area contributed by atoms with E-state index in [2.05, 4.69) is 18.7 Å². The van der Waals surface area contributed by atoms with Gasteiger partial charge in [-0.3, -0.25) is 9.46 Å². The molecule has 0 spiro atoms. The quantitative estimate of drug-likeness (QED) is 0.307. The molecule has 1 rings (SSSR count). The van der Waals surface area contributed by atoms with Gasteiger partial charge in [-0.25, -0.2) is 0 Å². The minimum atomic E-state index is -3.20. The monoisotopic (exact) mass is 430 g/mol. The standard InChI is InChI=1S/C21H39N2O5P/c1-5-27-29(25,28-6-2)17-26-13-12-23(15-18(3)4)16-21(24)20(22)14-19-10-8-7-9-11-19/h7-11,18,20-21,24H,5-6,12-17,22H2,1-4H3/t20-,21-/m0/s1. The molecule has 0 radical (unpaired) electrons. The van der Waals surface area contributed by atoms with E-state index in [1.807, 2.05) is 30.3 Å². The van der Waals surface area contributed by atoms with E-state index in [1.54, 1.807) is 13.8 Å². The number of nitrogens with two attached hydrogens (primary N) is 1. The highest BCUT2D eigenvalue weighted by Gasteiger charge is 2.24. The van der Waals surface area contributed by atoms with Crippen molar-refractivity contribution in [3.63, 3.8) is 0 Å². The summed E-state index contributed by atoms with van der Waals surface area (Å²) in [7, 11) is -3.20. The van der Waals surface area contributed by atoms with Gasteiger partial charge in [0.05, 0.1) is 25.9 Å². The van der Waals surface area contributed by atoms with Gasteiger partial charge in [0.25, 0.3) is 0 Å². The number of rotatable bonds is 16. The van der Waals surface area contributed by atoms with Crippen molar-refractivity contribution in [2.24, 2.45) is 11.7 Å². The number of nitrogens with zero attached hydrogens (tertiary/aromatic N) is 1. The van der Waals surface area contributed by atoms with Crippen LogP contribution in [-0.4, -0.2) is 68.0 Å². The molecule has 29 heavy (non-hydrogen) atoms. The summed E-state index contributed by atoms with van der Waals surface area (Å²) in [5.74, 6) is 0.436. The maximum atomic E-state index is 12.4. The Hall–Kier alpha value is -0.790. The van der Waals surface area contributed by atoms with Crippen LogP contribution >= 0.6 is 7.60 Å². The number of benzene rings is 1. The van der Waals surface area contributed by atoms with Crippen LogP contribution in [-0.2, 0) is 24.8 Å². The summed E-state index contributed by atoms with van der Waals surface area (Å²) in [5, 5.41) is 10.6. The Morgan fingerprint density at radius 3 is 2.28 bits per heavy atom. The normalized spacial score (nSPS) is 14.5. The van der Waals surface area contributed by atoms with Crippen molar-refractivity contribution >= 4 is 7.60 Å². The van der Waals surface area contributed by atoms with Gasteiger partial charge in [-0.2, -0.15) is 0 Å². The van der Waals surface area contributed by atoms with Gasteiger partial charge in [-0.05, 0) is 31.7 Å². The lowest BCUT2D eigenvalue weighted by Crippen LogP contribution is -2.46. The van der Waals surface area contributed by atoms with Gasteiger partial charge in [0.1, 0.15) is 6.35 Å². The summed E-state index contributed by atoms with van der Waals surface area (Å²) in [6, 6.07) is 9.60. The van der Waals surface area contributed by atoms with Crippen molar-refractivity contribution in [1.29, 1.82) is 0 Å². The first kappa shape index (κ1) is 26.2. The number of aliphatic hydroxyl groups is 1.